The van der Waals surface area contributed by atoms with Gasteiger partial charge in [0, 0.05) is 51.0 Å². The predicted octanol–water partition coefficient (Wildman–Crippen LogP) is 1.63. The molecule has 0 aromatic carbocycles. The van der Waals surface area contributed by atoms with Crippen molar-refractivity contribution in [3.63, 3.8) is 0 Å². The Bertz CT molecular complexity index is 1150. The summed E-state index contributed by atoms with van der Waals surface area (Å²) in [6, 6.07) is 9.41. The average Bonchev–Trinajstić information content (AvgIpc) is 3.22. The van der Waals surface area contributed by atoms with Crippen LogP contribution in [-0.2, 0) is 6.54 Å². The van der Waals surface area contributed by atoms with Crippen molar-refractivity contribution < 1.29 is 4.79 Å². The normalized spacial score (nSPS) is 14.3. The molecular formula is C21H20N8O. The molecule has 1 aliphatic heterocycles. The van der Waals surface area contributed by atoms with Crippen molar-refractivity contribution in [2.24, 2.45) is 0 Å². The van der Waals surface area contributed by atoms with Gasteiger partial charge >= 0.3 is 0 Å². The summed E-state index contributed by atoms with van der Waals surface area (Å²) in [7, 11) is 0. The van der Waals surface area contributed by atoms with Crippen molar-refractivity contribution in [1.29, 1.82) is 0 Å². The molecule has 1 saturated heterocycles. The second kappa shape index (κ2) is 7.86. The maximum Gasteiger partial charge on any atom is 0.255 e. The van der Waals surface area contributed by atoms with Gasteiger partial charge in [-0.2, -0.15) is 0 Å². The van der Waals surface area contributed by atoms with Crippen molar-refractivity contribution in [1.82, 2.24) is 34.4 Å². The van der Waals surface area contributed by atoms with Gasteiger partial charge in [-0.15, -0.1) is 0 Å². The smallest absolute Gasteiger partial charge is 0.255 e. The Morgan fingerprint density at radius 1 is 0.900 bits per heavy atom. The Kier molecular flexibility index (Phi) is 4.76. The zero-order valence-corrected chi connectivity index (χ0v) is 16.3. The predicted molar refractivity (Wildman–Crippen MR) is 111 cm³/mol. The fraction of sp³-hybridized carbons (Fsp3) is 0.238. The van der Waals surface area contributed by atoms with E-state index in [4.69, 9.17) is 0 Å². The standard InChI is InChI=1S/C21H20N8O/c30-20(27-8-10-28(11-9-27)21-23-6-3-7-24-21)16-12-18-19(25-13-16)29(15-26-18)14-17-4-1-2-5-22-17/h1-7,12-13,15H,8-11,14H2. The van der Waals surface area contributed by atoms with Crippen LogP contribution in [0.4, 0.5) is 5.95 Å². The van der Waals surface area contributed by atoms with Gasteiger partial charge in [0.05, 0.1) is 24.1 Å². The lowest BCUT2D eigenvalue weighted by Crippen LogP contribution is -2.49. The van der Waals surface area contributed by atoms with E-state index >= 15 is 0 Å². The van der Waals surface area contributed by atoms with Crippen LogP contribution in [0.25, 0.3) is 11.2 Å². The topological polar surface area (TPSA) is 92.9 Å². The molecule has 0 aliphatic carbocycles. The summed E-state index contributed by atoms with van der Waals surface area (Å²) >= 11 is 0. The molecule has 30 heavy (non-hydrogen) atoms. The highest BCUT2D eigenvalue weighted by Gasteiger charge is 2.24. The van der Waals surface area contributed by atoms with Crippen LogP contribution in [0, 0.1) is 0 Å². The minimum absolute atomic E-state index is 0.0303. The highest BCUT2D eigenvalue weighted by Crippen LogP contribution is 2.16. The Balaban J connectivity index is 1.29. The molecule has 0 unspecified atom stereocenters. The van der Waals surface area contributed by atoms with Gasteiger partial charge in [0.25, 0.3) is 5.91 Å². The fourth-order valence-electron chi connectivity index (χ4n) is 3.59. The number of anilines is 1. The lowest BCUT2D eigenvalue weighted by atomic mass is 10.2. The van der Waals surface area contributed by atoms with E-state index in [9.17, 15) is 4.79 Å². The molecule has 150 valence electrons. The van der Waals surface area contributed by atoms with Gasteiger partial charge in [-0.25, -0.2) is 19.9 Å². The van der Waals surface area contributed by atoms with Crippen LogP contribution in [0.3, 0.4) is 0 Å². The quantitative estimate of drug-likeness (QED) is 0.514. The largest absolute Gasteiger partial charge is 0.337 e. The van der Waals surface area contributed by atoms with E-state index in [2.05, 4.69) is 29.8 Å². The Morgan fingerprint density at radius 2 is 1.70 bits per heavy atom. The van der Waals surface area contributed by atoms with Gasteiger partial charge in [-0.3, -0.25) is 9.78 Å². The number of pyridine rings is 2. The summed E-state index contributed by atoms with van der Waals surface area (Å²) in [6.07, 6.45) is 8.59. The summed E-state index contributed by atoms with van der Waals surface area (Å²) in [5, 5.41) is 0. The molecule has 5 rings (SSSR count). The summed E-state index contributed by atoms with van der Waals surface area (Å²) in [4.78, 5) is 38.8. The number of nitrogens with zero attached hydrogens (tertiary/aromatic N) is 8. The third-order valence-corrected chi connectivity index (χ3v) is 5.16. The third-order valence-electron chi connectivity index (χ3n) is 5.16. The van der Waals surface area contributed by atoms with Crippen LogP contribution in [0.15, 0.2) is 61.4 Å². The van der Waals surface area contributed by atoms with E-state index < -0.39 is 0 Å². The number of hydrogen-bond donors (Lipinski definition) is 0. The third kappa shape index (κ3) is 3.57. The summed E-state index contributed by atoms with van der Waals surface area (Å²) in [5.41, 5.74) is 2.92. The zero-order valence-electron chi connectivity index (χ0n) is 16.3. The van der Waals surface area contributed by atoms with Crippen LogP contribution in [0.1, 0.15) is 16.1 Å². The minimum atomic E-state index is -0.0303. The number of carbonyl (C=O) groups is 1. The highest BCUT2D eigenvalue weighted by atomic mass is 16.2. The molecule has 4 aromatic rings. The molecule has 0 bridgehead atoms. The first kappa shape index (κ1) is 18.2. The molecule has 0 saturated carbocycles. The van der Waals surface area contributed by atoms with Crippen LogP contribution in [0.5, 0.6) is 0 Å². The van der Waals surface area contributed by atoms with Gasteiger partial charge < -0.3 is 14.4 Å². The van der Waals surface area contributed by atoms with E-state index in [-0.39, 0.29) is 5.91 Å². The SMILES string of the molecule is O=C(c1cnc2c(c1)ncn2Cc1ccccn1)N1CCN(c2ncccn2)CC1. The fourth-order valence-corrected chi connectivity index (χ4v) is 3.59. The molecule has 1 aliphatic rings. The molecule has 1 fully saturated rings. The number of rotatable bonds is 4. The second-order valence-electron chi connectivity index (χ2n) is 7.09. The number of hydrogen-bond acceptors (Lipinski definition) is 7. The molecule has 0 atom stereocenters. The monoisotopic (exact) mass is 400 g/mol. The molecule has 1 amide bonds. The highest BCUT2D eigenvalue weighted by molar-refractivity contribution is 5.96. The van der Waals surface area contributed by atoms with Crippen molar-refractivity contribution in [2.75, 3.05) is 31.1 Å². The van der Waals surface area contributed by atoms with E-state index in [1.165, 1.54) is 0 Å². The number of piperazine rings is 1. The number of aromatic nitrogens is 6. The van der Waals surface area contributed by atoms with Crippen molar-refractivity contribution in [3.8, 4) is 0 Å². The maximum absolute atomic E-state index is 13.0. The molecule has 0 radical (unpaired) electrons. The van der Waals surface area contributed by atoms with Gasteiger partial charge in [-0.1, -0.05) is 6.07 Å². The van der Waals surface area contributed by atoms with E-state index in [0.717, 1.165) is 11.3 Å². The summed E-state index contributed by atoms with van der Waals surface area (Å²) in [6.45, 7) is 3.21. The molecule has 9 nitrogen and oxygen atoms in total. The molecule has 4 aromatic heterocycles. The summed E-state index contributed by atoms with van der Waals surface area (Å²) in [5.74, 6) is 0.670. The molecular weight excluding hydrogens is 380 g/mol. The van der Waals surface area contributed by atoms with Gasteiger partial charge in [-0.05, 0) is 24.3 Å². The van der Waals surface area contributed by atoms with Crippen LogP contribution < -0.4 is 4.90 Å². The second-order valence-corrected chi connectivity index (χ2v) is 7.09. The lowest BCUT2D eigenvalue weighted by molar-refractivity contribution is 0.0746. The first-order chi connectivity index (χ1) is 14.8. The number of imidazole rings is 1. The number of amides is 1. The Labute approximate surface area is 173 Å². The average molecular weight is 400 g/mol. The maximum atomic E-state index is 13.0. The minimum Gasteiger partial charge on any atom is -0.337 e. The van der Waals surface area contributed by atoms with Crippen molar-refractivity contribution in [3.05, 3.63) is 72.7 Å². The van der Waals surface area contributed by atoms with Gasteiger partial charge in [0.1, 0.15) is 5.52 Å². The molecule has 5 heterocycles. The van der Waals surface area contributed by atoms with Crippen LogP contribution >= 0.6 is 0 Å². The molecule has 9 heteroatoms. The van der Waals surface area contributed by atoms with Crippen LogP contribution in [-0.4, -0.2) is 66.5 Å². The van der Waals surface area contributed by atoms with E-state index in [0.29, 0.717) is 49.8 Å². The summed E-state index contributed by atoms with van der Waals surface area (Å²) < 4.78 is 1.94. The number of fused-ring (bicyclic) bond motifs is 1. The zero-order chi connectivity index (χ0) is 20.3. The van der Waals surface area contributed by atoms with Gasteiger partial charge in [0.2, 0.25) is 5.95 Å². The first-order valence-corrected chi connectivity index (χ1v) is 9.80. The molecule has 0 spiro atoms. The Morgan fingerprint density at radius 3 is 2.47 bits per heavy atom. The Hall–Kier alpha value is -3.88. The number of carbonyl (C=O) groups excluding carboxylic acids is 1. The van der Waals surface area contributed by atoms with E-state index in [1.54, 1.807) is 37.2 Å². The van der Waals surface area contributed by atoms with E-state index in [1.807, 2.05) is 33.7 Å². The van der Waals surface area contributed by atoms with Crippen molar-refractivity contribution in [2.45, 2.75) is 6.54 Å². The first-order valence-electron chi connectivity index (χ1n) is 9.80. The lowest BCUT2D eigenvalue weighted by Gasteiger charge is -2.34. The van der Waals surface area contributed by atoms with Crippen LogP contribution in [0.2, 0.25) is 0 Å². The van der Waals surface area contributed by atoms with Gasteiger partial charge in [0.15, 0.2) is 5.65 Å². The van der Waals surface area contributed by atoms with Crippen molar-refractivity contribution >= 4 is 23.0 Å². The molecule has 0 N–H and O–H groups in total.